The number of anilines is 1. The Hall–Kier alpha value is -3.75. The maximum Gasteiger partial charge on any atom is 0.228 e. The molecule has 9 heteroatoms. The molecule has 0 radical (unpaired) electrons. The third-order valence-corrected chi connectivity index (χ3v) is 5.64. The number of hydrogen-bond acceptors (Lipinski definition) is 6. The van der Waals surface area contributed by atoms with Gasteiger partial charge in [-0.25, -0.2) is 4.98 Å². The van der Waals surface area contributed by atoms with Crippen molar-refractivity contribution in [2.75, 3.05) is 39.8 Å². The number of para-hydroxylation sites is 2. The van der Waals surface area contributed by atoms with Crippen molar-refractivity contribution in [2.24, 2.45) is 5.92 Å². The lowest BCUT2D eigenvalue weighted by molar-refractivity contribution is -0.135. The van der Waals surface area contributed by atoms with E-state index in [1.807, 2.05) is 24.3 Å². The molecule has 1 N–H and O–H groups in total. The van der Waals surface area contributed by atoms with Crippen LogP contribution in [-0.2, 0) is 16.1 Å². The van der Waals surface area contributed by atoms with Crippen LogP contribution in [0.25, 0.3) is 11.0 Å². The molecule has 3 aromatic rings. The molecule has 0 spiro atoms. The van der Waals surface area contributed by atoms with Crippen LogP contribution >= 0.6 is 0 Å². The van der Waals surface area contributed by atoms with E-state index >= 15 is 0 Å². The Balaban J connectivity index is 1.49. The number of carbonyl (C=O) groups excluding carboxylic acids is 2. The Morgan fingerprint density at radius 3 is 2.47 bits per heavy atom. The third kappa shape index (κ3) is 3.93. The predicted molar refractivity (Wildman–Crippen MR) is 119 cm³/mol. The fraction of sp³-hybridized carbons (Fsp3) is 0.348. The van der Waals surface area contributed by atoms with Crippen molar-refractivity contribution < 1.29 is 23.8 Å². The Bertz CT molecular complexity index is 1100. The van der Waals surface area contributed by atoms with E-state index in [4.69, 9.17) is 14.2 Å². The number of nitrogens with zero attached hydrogens (tertiary/aromatic N) is 3. The molecule has 4 rings (SSSR count). The molecule has 32 heavy (non-hydrogen) atoms. The highest BCUT2D eigenvalue weighted by molar-refractivity contribution is 6.00. The Labute approximate surface area is 185 Å². The van der Waals surface area contributed by atoms with E-state index < -0.39 is 5.92 Å². The molecule has 168 valence electrons. The number of carbonyl (C=O) groups is 2. The molecule has 0 saturated carbocycles. The van der Waals surface area contributed by atoms with Crippen molar-refractivity contribution >= 4 is 28.5 Å². The summed E-state index contributed by atoms with van der Waals surface area (Å²) in [5.74, 6) is 1.37. The van der Waals surface area contributed by atoms with Crippen LogP contribution in [0.5, 0.6) is 17.2 Å². The molecule has 0 bridgehead atoms. The first-order valence-electron chi connectivity index (χ1n) is 10.2. The van der Waals surface area contributed by atoms with Crippen LogP contribution in [0, 0.1) is 5.92 Å². The number of rotatable bonds is 7. The van der Waals surface area contributed by atoms with Crippen LogP contribution in [-0.4, -0.2) is 61.6 Å². The molecule has 2 amide bonds. The van der Waals surface area contributed by atoms with E-state index in [1.54, 1.807) is 29.0 Å². The maximum atomic E-state index is 13.1. The first-order chi connectivity index (χ1) is 15.4. The van der Waals surface area contributed by atoms with E-state index in [0.29, 0.717) is 35.3 Å². The summed E-state index contributed by atoms with van der Waals surface area (Å²) < 4.78 is 16.1. The molecular weight excluding hydrogens is 412 g/mol. The zero-order valence-electron chi connectivity index (χ0n) is 18.5. The first kappa shape index (κ1) is 21.5. The lowest BCUT2D eigenvalue weighted by Crippen LogP contribution is -2.34. The number of hydrogen-bond donors (Lipinski definition) is 1. The Kier molecular flexibility index (Phi) is 5.89. The van der Waals surface area contributed by atoms with Gasteiger partial charge in [-0.15, -0.1) is 0 Å². The summed E-state index contributed by atoms with van der Waals surface area (Å²) in [5, 5.41) is 0. The fourth-order valence-corrected chi connectivity index (χ4v) is 4.04. The van der Waals surface area contributed by atoms with Crippen molar-refractivity contribution in [1.82, 2.24) is 14.9 Å². The molecule has 1 saturated heterocycles. The van der Waals surface area contributed by atoms with E-state index in [1.165, 1.54) is 21.3 Å². The molecule has 1 aromatic heterocycles. The van der Waals surface area contributed by atoms with Crippen LogP contribution in [0.3, 0.4) is 0 Å². The number of amides is 2. The number of imidazole rings is 1. The highest BCUT2D eigenvalue weighted by atomic mass is 16.5. The summed E-state index contributed by atoms with van der Waals surface area (Å²) in [6.07, 6.45) is 0.139. The molecule has 2 heterocycles. The molecule has 9 nitrogen and oxygen atoms in total. The number of benzene rings is 2. The third-order valence-electron chi connectivity index (χ3n) is 5.64. The van der Waals surface area contributed by atoms with Crippen molar-refractivity contribution in [3.8, 4) is 17.2 Å². The Morgan fingerprint density at radius 1 is 1.16 bits per heavy atom. The van der Waals surface area contributed by atoms with Gasteiger partial charge in [0.2, 0.25) is 17.6 Å². The number of methoxy groups -OCH3 is 3. The van der Waals surface area contributed by atoms with E-state index in [0.717, 1.165) is 11.0 Å². The summed E-state index contributed by atoms with van der Waals surface area (Å²) in [7, 11) is 6.29. The largest absolute Gasteiger partial charge is 0.493 e. The van der Waals surface area contributed by atoms with Gasteiger partial charge in [0.05, 0.1) is 50.5 Å². The second-order valence-corrected chi connectivity index (χ2v) is 7.68. The zero-order chi connectivity index (χ0) is 22.8. The zero-order valence-corrected chi connectivity index (χ0v) is 18.5. The van der Waals surface area contributed by atoms with Crippen molar-refractivity contribution in [2.45, 2.75) is 13.0 Å². The predicted octanol–water partition coefficient (Wildman–Crippen LogP) is 2.60. The quantitative estimate of drug-likeness (QED) is 0.609. The van der Waals surface area contributed by atoms with Crippen LogP contribution in [0.4, 0.5) is 5.69 Å². The highest BCUT2D eigenvalue weighted by Gasteiger charge is 2.37. The Morgan fingerprint density at radius 2 is 1.84 bits per heavy atom. The summed E-state index contributed by atoms with van der Waals surface area (Å²) in [6, 6.07) is 11.1. The summed E-state index contributed by atoms with van der Waals surface area (Å²) in [4.78, 5) is 36.8. The molecule has 1 unspecified atom stereocenters. The van der Waals surface area contributed by atoms with Crippen LogP contribution < -0.4 is 19.1 Å². The van der Waals surface area contributed by atoms with Crippen LogP contribution in [0.2, 0.25) is 0 Å². The number of aromatic amines is 1. The number of fused-ring (bicyclic) bond motifs is 1. The minimum atomic E-state index is -0.448. The van der Waals surface area contributed by atoms with E-state index in [-0.39, 0.29) is 24.8 Å². The standard InChI is InChI=1S/C23H26N4O5/c1-26(13-20-24-16-7-5-6-8-17(16)25-20)23(29)14-9-21(28)27(12-14)15-10-18(30-2)22(32-4)19(11-15)31-3/h5-8,10-11,14H,9,12-13H2,1-4H3,(H,24,25). The number of H-pyrrole nitrogens is 1. The van der Waals surface area contributed by atoms with Gasteiger partial charge in [-0.05, 0) is 12.1 Å². The first-order valence-corrected chi connectivity index (χ1v) is 10.2. The summed E-state index contributed by atoms with van der Waals surface area (Å²) >= 11 is 0. The van der Waals surface area contributed by atoms with Gasteiger partial charge in [-0.1, -0.05) is 12.1 Å². The van der Waals surface area contributed by atoms with Gasteiger partial charge >= 0.3 is 0 Å². The fourth-order valence-electron chi connectivity index (χ4n) is 4.04. The minimum absolute atomic E-state index is 0.103. The monoisotopic (exact) mass is 438 g/mol. The van der Waals surface area contributed by atoms with Crippen LogP contribution in [0.15, 0.2) is 36.4 Å². The molecule has 1 atom stereocenters. The van der Waals surface area contributed by atoms with Gasteiger partial charge in [0.1, 0.15) is 5.82 Å². The van der Waals surface area contributed by atoms with Gasteiger partial charge in [0, 0.05) is 32.1 Å². The van der Waals surface area contributed by atoms with Gasteiger partial charge < -0.3 is 29.0 Å². The number of aromatic nitrogens is 2. The lowest BCUT2D eigenvalue weighted by atomic mass is 10.1. The topological polar surface area (TPSA) is 97.0 Å². The second-order valence-electron chi connectivity index (χ2n) is 7.68. The number of ether oxygens (including phenoxy) is 3. The summed E-state index contributed by atoms with van der Waals surface area (Å²) in [6.45, 7) is 0.614. The number of nitrogens with one attached hydrogen (secondary N) is 1. The van der Waals surface area contributed by atoms with Crippen molar-refractivity contribution in [1.29, 1.82) is 0 Å². The smallest absolute Gasteiger partial charge is 0.228 e. The molecule has 1 aliphatic heterocycles. The molecular formula is C23H26N4O5. The normalized spacial score (nSPS) is 15.8. The molecule has 1 fully saturated rings. The molecule has 1 aliphatic rings. The molecule has 2 aromatic carbocycles. The average molecular weight is 438 g/mol. The average Bonchev–Trinajstić information content (AvgIpc) is 3.40. The van der Waals surface area contributed by atoms with Crippen molar-refractivity contribution in [3.63, 3.8) is 0 Å². The molecule has 0 aliphatic carbocycles. The second kappa shape index (κ2) is 8.78. The van der Waals surface area contributed by atoms with Gasteiger partial charge in [-0.2, -0.15) is 0 Å². The van der Waals surface area contributed by atoms with E-state index in [9.17, 15) is 9.59 Å². The van der Waals surface area contributed by atoms with Crippen LogP contribution in [0.1, 0.15) is 12.2 Å². The van der Waals surface area contributed by atoms with Crippen molar-refractivity contribution in [3.05, 3.63) is 42.2 Å². The summed E-state index contributed by atoms with van der Waals surface area (Å²) in [5.41, 5.74) is 2.38. The van der Waals surface area contributed by atoms with E-state index in [2.05, 4.69) is 9.97 Å². The SMILES string of the molecule is COc1cc(N2CC(C(=O)N(C)Cc3nc4ccccc4[nH]3)CC2=O)cc(OC)c1OC. The van der Waals surface area contributed by atoms with Gasteiger partial charge in [-0.3, -0.25) is 9.59 Å². The maximum absolute atomic E-state index is 13.1. The lowest BCUT2D eigenvalue weighted by Gasteiger charge is -2.22. The van der Waals surface area contributed by atoms with Gasteiger partial charge in [0.25, 0.3) is 0 Å². The highest BCUT2D eigenvalue weighted by Crippen LogP contribution is 2.42. The van der Waals surface area contributed by atoms with Gasteiger partial charge in [0.15, 0.2) is 11.5 Å². The minimum Gasteiger partial charge on any atom is -0.493 e.